The number of carbonyl (C=O) groups is 1. The molecular formula is C12H17N3O. The highest BCUT2D eigenvalue weighted by Crippen LogP contribution is 2.39. The topological polar surface area (TPSA) is 38.1 Å². The molecule has 0 N–H and O–H groups in total. The second-order valence-corrected chi connectivity index (χ2v) is 4.85. The third kappa shape index (κ3) is 1.62. The number of likely N-dealkylation sites (tertiary alicyclic amines) is 1. The van der Waals surface area contributed by atoms with Gasteiger partial charge in [0.25, 0.3) is 5.91 Å². The van der Waals surface area contributed by atoms with Gasteiger partial charge in [0.1, 0.15) is 5.69 Å². The molecular weight excluding hydrogens is 202 g/mol. The van der Waals surface area contributed by atoms with E-state index in [1.165, 1.54) is 12.8 Å². The highest BCUT2D eigenvalue weighted by molar-refractivity contribution is 5.92. The number of amides is 1. The van der Waals surface area contributed by atoms with Crippen LogP contribution in [0.3, 0.4) is 0 Å². The Hall–Kier alpha value is -1.32. The highest BCUT2D eigenvalue weighted by atomic mass is 16.2. The SMILES string of the molecule is Cn1nc(C2CC2)cc1C(=O)N1CCCC1. The summed E-state index contributed by atoms with van der Waals surface area (Å²) in [6.07, 6.45) is 4.74. The number of carbonyl (C=O) groups excluding carboxylic acids is 1. The first kappa shape index (κ1) is 9.87. The molecule has 0 radical (unpaired) electrons. The molecule has 0 bridgehead atoms. The van der Waals surface area contributed by atoms with Gasteiger partial charge in [-0.3, -0.25) is 9.48 Å². The zero-order chi connectivity index (χ0) is 11.1. The first-order chi connectivity index (χ1) is 7.75. The third-order valence-electron chi connectivity index (χ3n) is 3.51. The van der Waals surface area contributed by atoms with Crippen molar-refractivity contribution < 1.29 is 4.79 Å². The van der Waals surface area contributed by atoms with Crippen LogP contribution in [-0.4, -0.2) is 33.7 Å². The maximum atomic E-state index is 12.2. The summed E-state index contributed by atoms with van der Waals surface area (Å²) in [7, 11) is 1.87. The number of nitrogens with zero attached hydrogens (tertiary/aromatic N) is 3. The molecule has 3 rings (SSSR count). The van der Waals surface area contributed by atoms with Crippen LogP contribution < -0.4 is 0 Å². The summed E-state index contributed by atoms with van der Waals surface area (Å²) in [6.45, 7) is 1.81. The van der Waals surface area contributed by atoms with Gasteiger partial charge in [-0.25, -0.2) is 0 Å². The average Bonchev–Trinajstić information content (AvgIpc) is 2.84. The minimum atomic E-state index is 0.152. The van der Waals surface area contributed by atoms with Gasteiger partial charge in [-0.1, -0.05) is 0 Å². The average molecular weight is 219 g/mol. The molecule has 2 aliphatic rings. The fourth-order valence-electron chi connectivity index (χ4n) is 2.35. The summed E-state index contributed by atoms with van der Waals surface area (Å²) in [5.74, 6) is 0.769. The van der Waals surface area contributed by atoms with Crippen molar-refractivity contribution in [2.45, 2.75) is 31.6 Å². The summed E-state index contributed by atoms with van der Waals surface area (Å²) >= 11 is 0. The van der Waals surface area contributed by atoms with E-state index >= 15 is 0 Å². The molecule has 2 fully saturated rings. The Kier molecular flexibility index (Phi) is 2.23. The van der Waals surface area contributed by atoms with Crippen LogP contribution in [0.5, 0.6) is 0 Å². The van der Waals surface area contributed by atoms with Crippen molar-refractivity contribution in [1.29, 1.82) is 0 Å². The lowest BCUT2D eigenvalue weighted by atomic mass is 10.2. The Bertz CT molecular complexity index is 414. The van der Waals surface area contributed by atoms with E-state index in [1.807, 2.05) is 18.0 Å². The molecule has 1 aliphatic carbocycles. The van der Waals surface area contributed by atoms with Crippen molar-refractivity contribution in [1.82, 2.24) is 14.7 Å². The molecule has 1 saturated heterocycles. The van der Waals surface area contributed by atoms with E-state index in [-0.39, 0.29) is 5.91 Å². The van der Waals surface area contributed by atoms with Crippen LogP contribution in [-0.2, 0) is 7.05 Å². The van der Waals surface area contributed by atoms with Gasteiger partial charge >= 0.3 is 0 Å². The number of rotatable bonds is 2. The van der Waals surface area contributed by atoms with Crippen LogP contribution in [0.2, 0.25) is 0 Å². The Morgan fingerprint density at radius 3 is 2.69 bits per heavy atom. The minimum absolute atomic E-state index is 0.152. The molecule has 4 heteroatoms. The minimum Gasteiger partial charge on any atom is -0.337 e. The van der Waals surface area contributed by atoms with Crippen LogP contribution in [0.25, 0.3) is 0 Å². The van der Waals surface area contributed by atoms with E-state index < -0.39 is 0 Å². The largest absolute Gasteiger partial charge is 0.337 e. The molecule has 2 heterocycles. The second kappa shape index (κ2) is 3.61. The van der Waals surface area contributed by atoms with E-state index in [0.29, 0.717) is 5.92 Å². The molecule has 16 heavy (non-hydrogen) atoms. The monoisotopic (exact) mass is 219 g/mol. The molecule has 0 aromatic carbocycles. The first-order valence-electron chi connectivity index (χ1n) is 6.09. The molecule has 0 atom stereocenters. The van der Waals surface area contributed by atoms with Crippen molar-refractivity contribution in [3.8, 4) is 0 Å². The Morgan fingerprint density at radius 2 is 2.06 bits per heavy atom. The molecule has 1 aromatic heterocycles. The highest BCUT2D eigenvalue weighted by Gasteiger charge is 2.29. The first-order valence-corrected chi connectivity index (χ1v) is 6.09. The predicted molar refractivity (Wildman–Crippen MR) is 60.3 cm³/mol. The van der Waals surface area contributed by atoms with Crippen LogP contribution >= 0.6 is 0 Å². The van der Waals surface area contributed by atoms with Crippen molar-refractivity contribution in [2.75, 3.05) is 13.1 Å². The quantitative estimate of drug-likeness (QED) is 0.756. The molecule has 4 nitrogen and oxygen atoms in total. The predicted octanol–water partition coefficient (Wildman–Crippen LogP) is 1.53. The lowest BCUT2D eigenvalue weighted by Gasteiger charge is -2.14. The maximum Gasteiger partial charge on any atom is 0.272 e. The fourth-order valence-corrected chi connectivity index (χ4v) is 2.35. The Balaban J connectivity index is 1.84. The number of aryl methyl sites for hydroxylation is 1. The van der Waals surface area contributed by atoms with Gasteiger partial charge in [-0.2, -0.15) is 5.10 Å². The van der Waals surface area contributed by atoms with Gasteiger partial charge in [0.05, 0.1) is 5.69 Å². The zero-order valence-corrected chi connectivity index (χ0v) is 9.65. The summed E-state index contributed by atoms with van der Waals surface area (Å²) < 4.78 is 1.74. The van der Waals surface area contributed by atoms with E-state index in [9.17, 15) is 4.79 Å². The fraction of sp³-hybridized carbons (Fsp3) is 0.667. The molecule has 0 spiro atoms. The van der Waals surface area contributed by atoms with Crippen molar-refractivity contribution >= 4 is 5.91 Å². The molecule has 0 unspecified atom stereocenters. The van der Waals surface area contributed by atoms with Crippen LogP contribution in [0.4, 0.5) is 0 Å². The molecule has 86 valence electrons. The number of hydrogen-bond donors (Lipinski definition) is 0. The lowest BCUT2D eigenvalue weighted by Crippen LogP contribution is -2.29. The summed E-state index contributed by atoms with van der Waals surface area (Å²) in [5, 5.41) is 4.43. The van der Waals surface area contributed by atoms with Crippen molar-refractivity contribution in [2.24, 2.45) is 7.05 Å². The van der Waals surface area contributed by atoms with Gasteiger partial charge < -0.3 is 4.90 Å². The molecule has 1 aromatic rings. The normalized spacial score (nSPS) is 20.4. The summed E-state index contributed by atoms with van der Waals surface area (Å²) in [5.41, 5.74) is 1.86. The van der Waals surface area contributed by atoms with E-state index in [2.05, 4.69) is 5.10 Å². The Morgan fingerprint density at radius 1 is 1.38 bits per heavy atom. The van der Waals surface area contributed by atoms with Crippen molar-refractivity contribution in [3.05, 3.63) is 17.5 Å². The summed E-state index contributed by atoms with van der Waals surface area (Å²) in [4.78, 5) is 14.1. The number of hydrogen-bond acceptors (Lipinski definition) is 2. The summed E-state index contributed by atoms with van der Waals surface area (Å²) in [6, 6.07) is 1.98. The second-order valence-electron chi connectivity index (χ2n) is 4.85. The van der Waals surface area contributed by atoms with Gasteiger partial charge in [0.2, 0.25) is 0 Å². The smallest absolute Gasteiger partial charge is 0.272 e. The van der Waals surface area contributed by atoms with E-state index in [0.717, 1.165) is 37.3 Å². The van der Waals surface area contributed by atoms with Gasteiger partial charge in [-0.15, -0.1) is 0 Å². The zero-order valence-electron chi connectivity index (χ0n) is 9.65. The van der Waals surface area contributed by atoms with Crippen LogP contribution in [0.1, 0.15) is 47.8 Å². The van der Waals surface area contributed by atoms with E-state index in [1.54, 1.807) is 4.68 Å². The maximum absolute atomic E-state index is 12.2. The van der Waals surface area contributed by atoms with Gasteiger partial charge in [-0.05, 0) is 31.7 Å². The third-order valence-corrected chi connectivity index (χ3v) is 3.51. The van der Waals surface area contributed by atoms with Gasteiger partial charge in [0, 0.05) is 26.1 Å². The standard InChI is InChI=1S/C12H17N3O/c1-14-11(8-10(13-14)9-4-5-9)12(16)15-6-2-3-7-15/h8-9H,2-7H2,1H3. The molecule has 1 aliphatic heterocycles. The number of aromatic nitrogens is 2. The van der Waals surface area contributed by atoms with Crippen molar-refractivity contribution in [3.63, 3.8) is 0 Å². The molecule has 1 saturated carbocycles. The van der Waals surface area contributed by atoms with Crippen LogP contribution in [0.15, 0.2) is 6.07 Å². The van der Waals surface area contributed by atoms with E-state index in [4.69, 9.17) is 0 Å². The Labute approximate surface area is 95.2 Å². The lowest BCUT2D eigenvalue weighted by molar-refractivity contribution is 0.0782. The molecule has 1 amide bonds. The van der Waals surface area contributed by atoms with Crippen LogP contribution in [0, 0.1) is 0 Å². The van der Waals surface area contributed by atoms with Gasteiger partial charge in [0.15, 0.2) is 0 Å².